The van der Waals surface area contributed by atoms with E-state index in [1.807, 2.05) is 26.0 Å². The van der Waals surface area contributed by atoms with Gasteiger partial charge in [0.05, 0.1) is 11.0 Å². The summed E-state index contributed by atoms with van der Waals surface area (Å²) in [5.41, 5.74) is 3.87. The van der Waals surface area contributed by atoms with Gasteiger partial charge < -0.3 is 5.73 Å². The Morgan fingerprint density at radius 3 is 2.33 bits per heavy atom. The second-order valence-corrected chi connectivity index (χ2v) is 16.2. The molecule has 7 atom stereocenters. The molecule has 228 valence electrons. The number of carbonyl (C=O) groups excluding carboxylic acids is 4. The first kappa shape index (κ1) is 29.7. The van der Waals surface area contributed by atoms with Gasteiger partial charge in [-0.3, -0.25) is 23.7 Å². The molecule has 5 aliphatic rings. The van der Waals surface area contributed by atoms with Gasteiger partial charge in [-0.15, -0.1) is 0 Å². The van der Waals surface area contributed by atoms with Crippen molar-refractivity contribution in [3.05, 3.63) is 41.5 Å². The summed E-state index contributed by atoms with van der Waals surface area (Å²) in [5.74, 6) is -1.39. The van der Waals surface area contributed by atoms with E-state index in [0.29, 0.717) is 19.3 Å². The normalized spacial score (nSPS) is 40.9. The van der Waals surface area contributed by atoms with E-state index in [2.05, 4.69) is 45.7 Å². The molecule has 1 aromatic heterocycles. The summed E-state index contributed by atoms with van der Waals surface area (Å²) in [6.45, 7) is 15.0. The monoisotopic (exact) mass is 584 g/mol. The average molecular weight is 585 g/mol. The Morgan fingerprint density at radius 1 is 1.02 bits per heavy atom. The van der Waals surface area contributed by atoms with Crippen LogP contribution in [0.25, 0.3) is 0 Å². The number of imidazole rings is 1. The van der Waals surface area contributed by atoms with Gasteiger partial charge in [0, 0.05) is 22.9 Å². The van der Waals surface area contributed by atoms with Crippen LogP contribution in [0.5, 0.6) is 0 Å². The van der Waals surface area contributed by atoms with Crippen molar-refractivity contribution < 1.29 is 19.2 Å². The first-order valence-electron chi connectivity index (χ1n) is 15.7. The molecule has 1 aromatic rings. The van der Waals surface area contributed by atoms with E-state index < -0.39 is 27.6 Å². The van der Waals surface area contributed by atoms with Crippen molar-refractivity contribution in [1.29, 1.82) is 5.26 Å². The Kier molecular flexibility index (Phi) is 6.12. The van der Waals surface area contributed by atoms with Gasteiger partial charge in [0.1, 0.15) is 18.1 Å². The zero-order valence-electron chi connectivity index (χ0n) is 26.5. The van der Waals surface area contributed by atoms with Crippen LogP contribution in [0.4, 0.5) is 0 Å². The molecule has 8 nitrogen and oxygen atoms in total. The number of aromatic nitrogens is 2. The molecule has 8 heteroatoms. The zero-order chi connectivity index (χ0) is 31.5. The molecular formula is C35H44N4O4. The number of Topliss-reactive ketones (excluding diaryl/α,β-unsaturated/α-hetero) is 1. The molecule has 2 N–H and O–H groups in total. The SMILES string of the molecule is CC1(C)CCC2(C(=O)n3cnc(C(N)=O)c3)CCC3(C)C(C(=O)C=C4C5(C)C=C(C#N)C(=O)C(C)(C)C5CCC43C)C2C1. The molecule has 43 heavy (non-hydrogen) atoms. The molecule has 0 bridgehead atoms. The van der Waals surface area contributed by atoms with Crippen LogP contribution in [-0.4, -0.2) is 32.9 Å². The summed E-state index contributed by atoms with van der Waals surface area (Å²) < 4.78 is 1.42. The largest absolute Gasteiger partial charge is 0.364 e. The minimum Gasteiger partial charge on any atom is -0.364 e. The smallest absolute Gasteiger partial charge is 0.268 e. The predicted octanol–water partition coefficient (Wildman–Crippen LogP) is 5.84. The first-order chi connectivity index (χ1) is 19.9. The van der Waals surface area contributed by atoms with E-state index in [4.69, 9.17) is 5.73 Å². The number of hydrogen-bond acceptors (Lipinski definition) is 6. The number of primary amides is 1. The highest BCUT2D eigenvalue weighted by molar-refractivity contribution is 6.04. The summed E-state index contributed by atoms with van der Waals surface area (Å²) >= 11 is 0. The highest BCUT2D eigenvalue weighted by Gasteiger charge is 2.71. The fourth-order valence-corrected chi connectivity index (χ4v) is 10.8. The van der Waals surface area contributed by atoms with Crippen LogP contribution in [0.15, 0.2) is 35.8 Å². The van der Waals surface area contributed by atoms with Gasteiger partial charge in [-0.05, 0) is 79.1 Å². The van der Waals surface area contributed by atoms with Crippen molar-refractivity contribution in [3.63, 3.8) is 0 Å². The van der Waals surface area contributed by atoms with Crippen LogP contribution in [0.2, 0.25) is 0 Å². The maximum atomic E-state index is 14.7. The van der Waals surface area contributed by atoms with Gasteiger partial charge in [-0.2, -0.15) is 5.26 Å². The lowest BCUT2D eigenvalue weighted by molar-refractivity contribution is -0.164. The van der Waals surface area contributed by atoms with Crippen LogP contribution < -0.4 is 5.73 Å². The van der Waals surface area contributed by atoms with E-state index in [-0.39, 0.29) is 57.3 Å². The molecule has 0 spiro atoms. The van der Waals surface area contributed by atoms with Crippen molar-refractivity contribution >= 4 is 23.4 Å². The van der Waals surface area contributed by atoms with Gasteiger partial charge in [-0.25, -0.2) is 4.98 Å². The first-order valence-corrected chi connectivity index (χ1v) is 15.7. The van der Waals surface area contributed by atoms with Gasteiger partial charge in [-0.1, -0.05) is 60.1 Å². The number of carbonyl (C=O) groups is 4. The third-order valence-corrected chi connectivity index (χ3v) is 13.4. The lowest BCUT2D eigenvalue weighted by Gasteiger charge is -2.69. The number of amides is 1. The molecule has 0 saturated heterocycles. The van der Waals surface area contributed by atoms with Crippen molar-refractivity contribution in [2.45, 2.75) is 93.4 Å². The van der Waals surface area contributed by atoms with Gasteiger partial charge >= 0.3 is 0 Å². The Hall–Kier alpha value is -3.34. The second-order valence-electron chi connectivity index (χ2n) is 16.2. The topological polar surface area (TPSA) is 136 Å². The fraction of sp³-hybridized carbons (Fsp3) is 0.657. The molecule has 0 radical (unpaired) electrons. The van der Waals surface area contributed by atoms with Crippen LogP contribution in [0.3, 0.4) is 0 Å². The zero-order valence-corrected chi connectivity index (χ0v) is 26.5. The van der Waals surface area contributed by atoms with Crippen molar-refractivity contribution in [2.75, 3.05) is 0 Å². The van der Waals surface area contributed by atoms with Crippen LogP contribution in [0.1, 0.15) is 109 Å². The third-order valence-electron chi connectivity index (χ3n) is 13.4. The summed E-state index contributed by atoms with van der Waals surface area (Å²) in [5, 5.41) is 9.94. The summed E-state index contributed by atoms with van der Waals surface area (Å²) in [4.78, 5) is 58.3. The van der Waals surface area contributed by atoms with Gasteiger partial charge in [0.2, 0.25) is 5.91 Å². The molecule has 6 rings (SSSR count). The fourth-order valence-electron chi connectivity index (χ4n) is 10.8. The molecular weight excluding hydrogens is 540 g/mol. The quantitative estimate of drug-likeness (QED) is 0.464. The molecule has 0 aliphatic heterocycles. The maximum Gasteiger partial charge on any atom is 0.268 e. The maximum absolute atomic E-state index is 14.7. The van der Waals surface area contributed by atoms with Crippen molar-refractivity contribution in [3.8, 4) is 6.07 Å². The lowest BCUT2D eigenvalue weighted by atomic mass is 9.34. The summed E-state index contributed by atoms with van der Waals surface area (Å²) in [6.07, 6.45) is 11.8. The number of fused-ring (bicyclic) bond motifs is 7. The number of nitriles is 1. The highest BCUT2D eigenvalue weighted by Crippen LogP contribution is 2.74. The van der Waals surface area contributed by atoms with Crippen LogP contribution in [-0.2, 0) is 9.59 Å². The van der Waals surface area contributed by atoms with E-state index in [1.165, 1.54) is 17.1 Å². The molecule has 1 amide bonds. The number of ketones is 2. The number of nitrogens with two attached hydrogens (primary N) is 1. The van der Waals surface area contributed by atoms with E-state index in [0.717, 1.165) is 31.3 Å². The van der Waals surface area contributed by atoms with Crippen molar-refractivity contribution in [1.82, 2.24) is 9.55 Å². The molecule has 5 aliphatic carbocycles. The Bertz CT molecular complexity index is 1590. The van der Waals surface area contributed by atoms with Crippen LogP contribution >= 0.6 is 0 Å². The number of nitrogens with zero attached hydrogens (tertiary/aromatic N) is 3. The Morgan fingerprint density at radius 2 is 1.70 bits per heavy atom. The van der Waals surface area contributed by atoms with Crippen LogP contribution in [0, 0.1) is 61.6 Å². The molecule has 3 fully saturated rings. The van der Waals surface area contributed by atoms with E-state index in [1.54, 1.807) is 0 Å². The minimum absolute atomic E-state index is 0.0181. The van der Waals surface area contributed by atoms with E-state index in [9.17, 15) is 24.4 Å². The Labute approximate surface area is 254 Å². The summed E-state index contributed by atoms with van der Waals surface area (Å²) in [6, 6.07) is 2.17. The number of rotatable bonds is 2. The van der Waals surface area contributed by atoms with Gasteiger partial charge in [0.15, 0.2) is 11.6 Å². The Balaban J connectivity index is 1.51. The predicted molar refractivity (Wildman–Crippen MR) is 160 cm³/mol. The third kappa shape index (κ3) is 3.69. The standard InChI is InChI=1S/C35H44N4O4/c1-30(2)10-12-35(29(43)39-18-22(28(37)42)38-19-39)13-11-34(7)26(21(35)16-30)23(40)14-25-32(5)15-20(17-36)27(41)31(3,4)24(32)8-9-33(25,34)6/h14-15,18-19,21,24,26H,8-13,16H2,1-7H3,(H2,37,42). The van der Waals surface area contributed by atoms with Gasteiger partial charge in [0.25, 0.3) is 5.91 Å². The average Bonchev–Trinajstić information content (AvgIpc) is 3.42. The number of allylic oxidation sites excluding steroid dienone is 4. The molecule has 0 aromatic carbocycles. The minimum atomic E-state index is -0.749. The second kappa shape index (κ2) is 8.86. The van der Waals surface area contributed by atoms with E-state index >= 15 is 0 Å². The number of hydrogen-bond donors (Lipinski definition) is 1. The highest BCUT2D eigenvalue weighted by atomic mass is 16.2. The summed E-state index contributed by atoms with van der Waals surface area (Å²) in [7, 11) is 0. The molecule has 3 saturated carbocycles. The lowest BCUT2D eigenvalue weighted by Crippen LogP contribution is -2.66. The van der Waals surface area contributed by atoms with Crippen molar-refractivity contribution in [2.24, 2.45) is 56.0 Å². The molecule has 1 heterocycles. The molecule has 7 unspecified atom stereocenters.